The molecule has 0 unspecified atom stereocenters. The van der Waals surface area contributed by atoms with Crippen LogP contribution in [0, 0.1) is 0 Å². The predicted molar refractivity (Wildman–Crippen MR) is 80.4 cm³/mol. The summed E-state index contributed by atoms with van der Waals surface area (Å²) in [4.78, 5) is 17.9. The maximum absolute atomic E-state index is 12.0. The number of thiazole rings is 1. The van der Waals surface area contributed by atoms with Gasteiger partial charge in [-0.2, -0.15) is 0 Å². The van der Waals surface area contributed by atoms with E-state index in [-0.39, 0.29) is 11.4 Å². The average molecular weight is 293 g/mol. The molecule has 0 spiro atoms. The molecule has 110 valence electrons. The van der Waals surface area contributed by atoms with Crippen molar-refractivity contribution in [2.75, 3.05) is 6.61 Å². The standard InChI is InChI=1S/C16H23NO2S/c1-2-19-16(10-5-3-4-6-11-16)15-17-14-12(18)8-7-9-13(14)20-15/h2-11H2,1H3. The van der Waals surface area contributed by atoms with Crippen molar-refractivity contribution < 1.29 is 9.53 Å². The van der Waals surface area contributed by atoms with E-state index >= 15 is 0 Å². The molecule has 0 atom stereocenters. The first-order chi connectivity index (χ1) is 9.75. The predicted octanol–water partition coefficient (Wildman–Crippen LogP) is 4.25. The van der Waals surface area contributed by atoms with Gasteiger partial charge in [0.05, 0.1) is 0 Å². The molecule has 1 saturated carbocycles. The highest BCUT2D eigenvalue weighted by atomic mass is 32.1. The Balaban J connectivity index is 1.96. The average Bonchev–Trinajstić information content (AvgIpc) is 2.75. The van der Waals surface area contributed by atoms with Crippen LogP contribution in [0.15, 0.2) is 0 Å². The van der Waals surface area contributed by atoms with Gasteiger partial charge in [0.25, 0.3) is 0 Å². The van der Waals surface area contributed by atoms with Crippen molar-refractivity contribution in [3.05, 3.63) is 15.6 Å². The summed E-state index contributed by atoms with van der Waals surface area (Å²) in [6, 6.07) is 0. The van der Waals surface area contributed by atoms with Gasteiger partial charge < -0.3 is 4.74 Å². The van der Waals surface area contributed by atoms with Gasteiger partial charge >= 0.3 is 0 Å². The van der Waals surface area contributed by atoms with Crippen LogP contribution in [0.25, 0.3) is 0 Å². The van der Waals surface area contributed by atoms with Crippen molar-refractivity contribution in [3.8, 4) is 0 Å². The zero-order valence-corrected chi connectivity index (χ0v) is 13.1. The summed E-state index contributed by atoms with van der Waals surface area (Å²) in [5.74, 6) is 0.231. The summed E-state index contributed by atoms with van der Waals surface area (Å²) in [5, 5.41) is 1.07. The molecule has 20 heavy (non-hydrogen) atoms. The molecule has 1 aromatic heterocycles. The third-order valence-corrected chi connectivity index (χ3v) is 5.79. The molecule has 0 amide bonds. The van der Waals surface area contributed by atoms with Crippen LogP contribution in [0.3, 0.4) is 0 Å². The van der Waals surface area contributed by atoms with Gasteiger partial charge in [-0.25, -0.2) is 4.98 Å². The van der Waals surface area contributed by atoms with Crippen molar-refractivity contribution in [1.82, 2.24) is 4.98 Å². The molecule has 0 aliphatic heterocycles. The first kappa shape index (κ1) is 14.2. The molecule has 1 fully saturated rings. The van der Waals surface area contributed by atoms with E-state index < -0.39 is 0 Å². The number of fused-ring (bicyclic) bond motifs is 1. The molecule has 0 saturated heterocycles. The second-order valence-corrected chi connectivity index (χ2v) is 6.99. The molecular weight excluding hydrogens is 270 g/mol. The van der Waals surface area contributed by atoms with Gasteiger partial charge in [-0.1, -0.05) is 25.7 Å². The molecule has 0 aromatic carbocycles. The highest BCUT2D eigenvalue weighted by Gasteiger charge is 2.38. The number of hydrogen-bond acceptors (Lipinski definition) is 4. The number of ether oxygens (including phenoxy) is 1. The summed E-state index contributed by atoms with van der Waals surface area (Å²) < 4.78 is 6.19. The number of Topliss-reactive ketones (excluding diaryl/α,β-unsaturated/α-hetero) is 1. The first-order valence-electron chi connectivity index (χ1n) is 7.92. The molecule has 0 bridgehead atoms. The Kier molecular flexibility index (Phi) is 4.22. The third kappa shape index (κ3) is 2.56. The van der Waals surface area contributed by atoms with E-state index in [1.54, 1.807) is 11.3 Å². The largest absolute Gasteiger partial charge is 0.368 e. The number of rotatable bonds is 3. The van der Waals surface area contributed by atoms with Gasteiger partial charge in [-0.05, 0) is 32.6 Å². The number of aromatic nitrogens is 1. The highest BCUT2D eigenvalue weighted by Crippen LogP contribution is 2.43. The monoisotopic (exact) mass is 293 g/mol. The van der Waals surface area contributed by atoms with Crippen molar-refractivity contribution in [1.29, 1.82) is 0 Å². The summed E-state index contributed by atoms with van der Waals surface area (Å²) >= 11 is 1.74. The van der Waals surface area contributed by atoms with Gasteiger partial charge in [0.15, 0.2) is 5.78 Å². The lowest BCUT2D eigenvalue weighted by Crippen LogP contribution is -2.29. The Hall–Kier alpha value is -0.740. The number of hydrogen-bond donors (Lipinski definition) is 0. The maximum atomic E-state index is 12.0. The summed E-state index contributed by atoms with van der Waals surface area (Å²) in [6.07, 6.45) is 9.77. The molecule has 4 heteroatoms. The van der Waals surface area contributed by atoms with Crippen LogP contribution in [0.2, 0.25) is 0 Å². The number of ketones is 1. The van der Waals surface area contributed by atoms with E-state index in [1.807, 2.05) is 0 Å². The van der Waals surface area contributed by atoms with Crippen molar-refractivity contribution in [2.45, 2.75) is 70.3 Å². The molecule has 0 radical (unpaired) electrons. The molecular formula is C16H23NO2S. The fourth-order valence-electron chi connectivity index (χ4n) is 3.46. The fourth-order valence-corrected chi connectivity index (χ4v) is 4.78. The highest BCUT2D eigenvalue weighted by molar-refractivity contribution is 7.12. The normalized spacial score (nSPS) is 22.4. The number of aryl methyl sites for hydroxylation is 1. The second-order valence-electron chi connectivity index (χ2n) is 5.91. The smallest absolute Gasteiger partial charge is 0.182 e. The number of carbonyl (C=O) groups excluding carboxylic acids is 1. The first-order valence-corrected chi connectivity index (χ1v) is 8.74. The van der Waals surface area contributed by atoms with E-state index in [9.17, 15) is 4.79 Å². The van der Waals surface area contributed by atoms with E-state index in [0.717, 1.165) is 43.0 Å². The van der Waals surface area contributed by atoms with Crippen LogP contribution >= 0.6 is 11.3 Å². The Morgan fingerprint density at radius 2 is 1.90 bits per heavy atom. The van der Waals surface area contributed by atoms with Crippen LogP contribution in [0.4, 0.5) is 0 Å². The van der Waals surface area contributed by atoms with Gasteiger partial charge in [0, 0.05) is 17.9 Å². The van der Waals surface area contributed by atoms with E-state index in [0.29, 0.717) is 6.42 Å². The van der Waals surface area contributed by atoms with Crippen LogP contribution in [0.5, 0.6) is 0 Å². The lowest BCUT2D eigenvalue weighted by Gasteiger charge is -2.30. The lowest BCUT2D eigenvalue weighted by molar-refractivity contribution is -0.0560. The molecule has 3 nitrogen and oxygen atoms in total. The minimum Gasteiger partial charge on any atom is -0.368 e. The number of nitrogens with zero attached hydrogens (tertiary/aromatic N) is 1. The Morgan fingerprint density at radius 3 is 2.55 bits per heavy atom. The van der Waals surface area contributed by atoms with Gasteiger partial charge in [0.2, 0.25) is 0 Å². The van der Waals surface area contributed by atoms with Crippen molar-refractivity contribution in [2.24, 2.45) is 0 Å². The van der Waals surface area contributed by atoms with Crippen LogP contribution in [-0.2, 0) is 16.8 Å². The molecule has 2 aliphatic carbocycles. The maximum Gasteiger partial charge on any atom is 0.182 e. The van der Waals surface area contributed by atoms with E-state index in [2.05, 4.69) is 6.92 Å². The third-order valence-electron chi connectivity index (χ3n) is 4.49. The summed E-state index contributed by atoms with van der Waals surface area (Å²) in [6.45, 7) is 2.78. The van der Waals surface area contributed by atoms with E-state index in [1.165, 1.54) is 30.6 Å². The molecule has 0 N–H and O–H groups in total. The minimum absolute atomic E-state index is 0.215. The second kappa shape index (κ2) is 5.94. The van der Waals surface area contributed by atoms with Crippen molar-refractivity contribution >= 4 is 17.1 Å². The fraction of sp³-hybridized carbons (Fsp3) is 0.750. The Labute approximate surface area is 124 Å². The Morgan fingerprint density at radius 1 is 1.15 bits per heavy atom. The minimum atomic E-state index is -0.215. The molecule has 1 heterocycles. The SMILES string of the molecule is CCOC1(c2nc3c(s2)CCCC3=O)CCCCCC1. The molecule has 1 aromatic rings. The van der Waals surface area contributed by atoms with Gasteiger partial charge in [-0.3, -0.25) is 4.79 Å². The quantitative estimate of drug-likeness (QED) is 0.782. The molecule has 2 aliphatic rings. The van der Waals surface area contributed by atoms with Crippen LogP contribution in [-0.4, -0.2) is 17.4 Å². The van der Waals surface area contributed by atoms with Gasteiger partial charge in [-0.15, -0.1) is 11.3 Å². The zero-order valence-electron chi connectivity index (χ0n) is 12.2. The Bertz CT molecular complexity index is 487. The summed E-state index contributed by atoms with van der Waals surface area (Å²) in [5.41, 5.74) is 0.535. The van der Waals surface area contributed by atoms with E-state index in [4.69, 9.17) is 9.72 Å². The van der Waals surface area contributed by atoms with Crippen LogP contribution in [0.1, 0.15) is 78.7 Å². The van der Waals surface area contributed by atoms with Gasteiger partial charge in [0.1, 0.15) is 16.3 Å². The van der Waals surface area contributed by atoms with Crippen LogP contribution < -0.4 is 0 Å². The number of carbonyl (C=O) groups is 1. The van der Waals surface area contributed by atoms with Crippen molar-refractivity contribution in [3.63, 3.8) is 0 Å². The zero-order chi connectivity index (χ0) is 14.0. The molecule has 3 rings (SSSR count). The summed E-state index contributed by atoms with van der Waals surface area (Å²) in [7, 11) is 0. The lowest BCUT2D eigenvalue weighted by atomic mass is 9.94. The topological polar surface area (TPSA) is 39.2 Å².